The second-order valence-corrected chi connectivity index (χ2v) is 5.09. The number of hydrogen-bond donors (Lipinski definition) is 1. The van der Waals surface area contributed by atoms with Gasteiger partial charge in [0.15, 0.2) is 0 Å². The van der Waals surface area contributed by atoms with Crippen LogP contribution in [0, 0.1) is 5.92 Å². The maximum absolute atomic E-state index is 12.6. The molecule has 0 spiro atoms. The lowest BCUT2D eigenvalue weighted by molar-refractivity contribution is -0.141. The number of hydrogen-bond acceptors (Lipinski definition) is 2. The Kier molecular flexibility index (Phi) is 4.27. The summed E-state index contributed by atoms with van der Waals surface area (Å²) in [5.74, 6) is -1.44. The maximum atomic E-state index is 12.6. The first-order chi connectivity index (χ1) is 9.54. The van der Waals surface area contributed by atoms with Gasteiger partial charge in [0.2, 0.25) is 0 Å². The number of para-hydroxylation sites is 1. The molecule has 1 atom stereocenters. The van der Waals surface area contributed by atoms with E-state index in [2.05, 4.69) is 0 Å². The van der Waals surface area contributed by atoms with Crippen molar-refractivity contribution >= 4 is 17.7 Å². The van der Waals surface area contributed by atoms with E-state index in [0.29, 0.717) is 13.1 Å². The summed E-state index contributed by atoms with van der Waals surface area (Å²) in [6.45, 7) is 4.90. The quantitative estimate of drug-likeness (QED) is 0.917. The molecule has 1 aliphatic heterocycles. The molecular formula is C15H20N2O3. The molecule has 1 aromatic carbocycles. The smallest absolute Gasteiger partial charge is 0.324 e. The SMILES string of the molecule is CCN(CC(C)C(=O)O)C(=O)N1CCc2ccccc21. The Morgan fingerprint density at radius 2 is 2.10 bits per heavy atom. The van der Waals surface area contributed by atoms with Crippen molar-refractivity contribution in [1.82, 2.24) is 4.90 Å². The molecule has 5 heteroatoms. The molecular weight excluding hydrogens is 256 g/mol. The lowest BCUT2D eigenvalue weighted by Gasteiger charge is -2.28. The van der Waals surface area contributed by atoms with E-state index in [9.17, 15) is 9.59 Å². The predicted octanol–water partition coefficient (Wildman–Crippen LogP) is 2.21. The normalized spacial score (nSPS) is 14.8. The molecule has 0 aliphatic carbocycles. The van der Waals surface area contributed by atoms with Crippen molar-refractivity contribution in [1.29, 1.82) is 0 Å². The summed E-state index contributed by atoms with van der Waals surface area (Å²) in [6.07, 6.45) is 0.855. The van der Waals surface area contributed by atoms with Crippen LogP contribution in [0.25, 0.3) is 0 Å². The Morgan fingerprint density at radius 3 is 2.75 bits per heavy atom. The highest BCUT2D eigenvalue weighted by molar-refractivity contribution is 5.94. The van der Waals surface area contributed by atoms with E-state index in [-0.39, 0.29) is 12.6 Å². The minimum Gasteiger partial charge on any atom is -0.481 e. The van der Waals surface area contributed by atoms with Gasteiger partial charge in [-0.1, -0.05) is 25.1 Å². The predicted molar refractivity (Wildman–Crippen MR) is 76.9 cm³/mol. The van der Waals surface area contributed by atoms with Gasteiger partial charge in [-0.15, -0.1) is 0 Å². The molecule has 108 valence electrons. The molecule has 0 saturated heterocycles. The van der Waals surface area contributed by atoms with Crippen molar-refractivity contribution in [3.05, 3.63) is 29.8 Å². The van der Waals surface area contributed by atoms with Gasteiger partial charge in [-0.2, -0.15) is 0 Å². The third-order valence-electron chi connectivity index (χ3n) is 3.69. The van der Waals surface area contributed by atoms with Crippen LogP contribution in [0.2, 0.25) is 0 Å². The zero-order valence-electron chi connectivity index (χ0n) is 11.9. The molecule has 5 nitrogen and oxygen atoms in total. The van der Waals surface area contributed by atoms with Crippen molar-refractivity contribution in [3.8, 4) is 0 Å². The number of urea groups is 1. The zero-order chi connectivity index (χ0) is 14.7. The summed E-state index contributed by atoms with van der Waals surface area (Å²) in [6, 6.07) is 7.75. The first-order valence-corrected chi connectivity index (χ1v) is 6.91. The Balaban J connectivity index is 2.12. The van der Waals surface area contributed by atoms with Gasteiger partial charge < -0.3 is 10.0 Å². The number of fused-ring (bicyclic) bond motifs is 1. The van der Waals surface area contributed by atoms with Crippen LogP contribution in [0.4, 0.5) is 10.5 Å². The first kappa shape index (κ1) is 14.4. The largest absolute Gasteiger partial charge is 0.481 e. The highest BCUT2D eigenvalue weighted by Crippen LogP contribution is 2.28. The molecule has 0 aromatic heterocycles. The summed E-state index contributed by atoms with van der Waals surface area (Å²) in [5, 5.41) is 8.98. The number of carbonyl (C=O) groups excluding carboxylic acids is 1. The highest BCUT2D eigenvalue weighted by atomic mass is 16.4. The Bertz CT molecular complexity index is 516. The van der Waals surface area contributed by atoms with Crippen LogP contribution in [0.5, 0.6) is 0 Å². The average Bonchev–Trinajstić information content (AvgIpc) is 2.87. The van der Waals surface area contributed by atoms with E-state index >= 15 is 0 Å². The second kappa shape index (κ2) is 5.94. The summed E-state index contributed by atoms with van der Waals surface area (Å²) in [4.78, 5) is 26.8. The first-order valence-electron chi connectivity index (χ1n) is 6.91. The van der Waals surface area contributed by atoms with E-state index < -0.39 is 11.9 Å². The summed E-state index contributed by atoms with van der Waals surface area (Å²) in [5.41, 5.74) is 2.11. The minimum absolute atomic E-state index is 0.106. The fourth-order valence-electron chi connectivity index (χ4n) is 2.46. The minimum atomic E-state index is -0.877. The lowest BCUT2D eigenvalue weighted by atomic mass is 10.1. The summed E-state index contributed by atoms with van der Waals surface area (Å²) < 4.78 is 0. The van der Waals surface area contributed by atoms with E-state index in [4.69, 9.17) is 5.11 Å². The number of aliphatic carboxylic acids is 1. The molecule has 1 aliphatic rings. The van der Waals surface area contributed by atoms with Crippen LogP contribution >= 0.6 is 0 Å². The fourth-order valence-corrected chi connectivity index (χ4v) is 2.46. The van der Waals surface area contributed by atoms with Crippen LogP contribution in [0.1, 0.15) is 19.4 Å². The number of carboxylic acids is 1. The molecule has 2 rings (SSSR count). The van der Waals surface area contributed by atoms with Gasteiger partial charge in [-0.3, -0.25) is 9.69 Å². The number of amides is 2. The molecule has 1 unspecified atom stereocenters. The topological polar surface area (TPSA) is 60.9 Å². The summed E-state index contributed by atoms with van der Waals surface area (Å²) in [7, 11) is 0. The van der Waals surface area contributed by atoms with Crippen LogP contribution in [-0.2, 0) is 11.2 Å². The monoisotopic (exact) mass is 276 g/mol. The van der Waals surface area contributed by atoms with Gasteiger partial charge in [0.1, 0.15) is 0 Å². The van der Waals surface area contributed by atoms with E-state index in [1.165, 1.54) is 5.56 Å². The third-order valence-corrected chi connectivity index (χ3v) is 3.69. The molecule has 2 amide bonds. The van der Waals surface area contributed by atoms with Gasteiger partial charge in [0.25, 0.3) is 0 Å². The van der Waals surface area contributed by atoms with Crippen LogP contribution < -0.4 is 4.90 Å². The number of carbonyl (C=O) groups is 2. The number of rotatable bonds is 4. The fraction of sp³-hybridized carbons (Fsp3) is 0.467. The van der Waals surface area contributed by atoms with E-state index in [1.54, 1.807) is 16.7 Å². The summed E-state index contributed by atoms with van der Waals surface area (Å²) >= 11 is 0. The molecule has 0 radical (unpaired) electrons. The average molecular weight is 276 g/mol. The molecule has 0 fully saturated rings. The lowest BCUT2D eigenvalue weighted by Crippen LogP contribution is -2.45. The van der Waals surface area contributed by atoms with E-state index in [1.807, 2.05) is 31.2 Å². The standard InChI is InChI=1S/C15H20N2O3/c1-3-16(10-11(2)14(18)19)15(20)17-9-8-12-6-4-5-7-13(12)17/h4-7,11H,3,8-10H2,1-2H3,(H,18,19). The van der Waals surface area contributed by atoms with Gasteiger partial charge in [-0.05, 0) is 25.0 Å². The van der Waals surface area contributed by atoms with Crippen molar-refractivity contribution < 1.29 is 14.7 Å². The van der Waals surface area contributed by atoms with Crippen LogP contribution in [0.15, 0.2) is 24.3 Å². The molecule has 1 heterocycles. The number of benzene rings is 1. The van der Waals surface area contributed by atoms with Crippen molar-refractivity contribution in [2.45, 2.75) is 20.3 Å². The van der Waals surface area contributed by atoms with Gasteiger partial charge in [-0.25, -0.2) is 4.79 Å². The Hall–Kier alpha value is -2.04. The van der Waals surface area contributed by atoms with Crippen molar-refractivity contribution in [3.63, 3.8) is 0 Å². The highest BCUT2D eigenvalue weighted by Gasteiger charge is 2.29. The Labute approximate surface area is 118 Å². The maximum Gasteiger partial charge on any atom is 0.324 e. The Morgan fingerprint density at radius 1 is 1.40 bits per heavy atom. The molecule has 0 saturated carbocycles. The van der Waals surface area contributed by atoms with Crippen LogP contribution in [-0.4, -0.2) is 41.6 Å². The number of anilines is 1. The molecule has 20 heavy (non-hydrogen) atoms. The van der Waals surface area contributed by atoms with Crippen LogP contribution in [0.3, 0.4) is 0 Å². The van der Waals surface area contributed by atoms with E-state index in [0.717, 1.165) is 12.1 Å². The second-order valence-electron chi connectivity index (χ2n) is 5.09. The molecule has 0 bridgehead atoms. The molecule has 1 aromatic rings. The van der Waals surface area contributed by atoms with Gasteiger partial charge >= 0.3 is 12.0 Å². The number of nitrogens with zero attached hydrogens (tertiary/aromatic N) is 2. The van der Waals surface area contributed by atoms with Crippen molar-refractivity contribution in [2.75, 3.05) is 24.5 Å². The third kappa shape index (κ3) is 2.76. The number of carboxylic acid groups (broad SMARTS) is 1. The van der Waals surface area contributed by atoms with Crippen molar-refractivity contribution in [2.24, 2.45) is 5.92 Å². The molecule has 1 N–H and O–H groups in total. The zero-order valence-corrected chi connectivity index (χ0v) is 11.9. The van der Waals surface area contributed by atoms with Gasteiger partial charge in [0, 0.05) is 25.3 Å². The van der Waals surface area contributed by atoms with Gasteiger partial charge in [0.05, 0.1) is 5.92 Å².